The molecule has 0 N–H and O–H groups in total. The molecule has 0 amide bonds. The molecule has 0 aliphatic heterocycles. The molecular weight excluding hydrogens is 294 g/mol. The van der Waals surface area contributed by atoms with E-state index in [1.165, 1.54) is 55.3 Å². The third kappa shape index (κ3) is 3.48. The number of nitrogens with zero attached hydrogens (tertiary/aromatic N) is 1. The second-order valence-electron chi connectivity index (χ2n) is 6.54. The average Bonchev–Trinajstić information content (AvgIpc) is 2.52. The van der Waals surface area contributed by atoms with Crippen molar-refractivity contribution in [1.29, 1.82) is 0 Å². The summed E-state index contributed by atoms with van der Waals surface area (Å²) in [5.41, 5.74) is 5.83. The van der Waals surface area contributed by atoms with Crippen LogP contribution in [0.25, 0.3) is 0 Å². The standard InChI is InChI=1S/C18H25NO2S/c1-12(2)21-17(20)11-22-18-15-9-4-3-7-13(15)14-8-5-6-10-16(14)19-18/h12H,3-11H2,1-2H3. The average molecular weight is 319 g/mol. The molecule has 22 heavy (non-hydrogen) atoms. The van der Waals surface area contributed by atoms with Gasteiger partial charge >= 0.3 is 5.97 Å². The maximum Gasteiger partial charge on any atom is 0.316 e. The first-order valence-corrected chi connectivity index (χ1v) is 9.49. The summed E-state index contributed by atoms with van der Waals surface area (Å²) >= 11 is 1.57. The Morgan fingerprint density at radius 1 is 1.05 bits per heavy atom. The number of fused-ring (bicyclic) bond motifs is 3. The lowest BCUT2D eigenvalue weighted by Gasteiger charge is -2.26. The lowest BCUT2D eigenvalue weighted by Crippen LogP contribution is -2.17. The van der Waals surface area contributed by atoms with Crippen LogP contribution in [0.2, 0.25) is 0 Å². The molecule has 0 saturated heterocycles. The van der Waals surface area contributed by atoms with Gasteiger partial charge in [-0.1, -0.05) is 11.8 Å². The molecule has 0 aromatic carbocycles. The molecule has 2 aliphatic carbocycles. The van der Waals surface area contributed by atoms with Gasteiger partial charge in [0.05, 0.1) is 11.9 Å². The van der Waals surface area contributed by atoms with Crippen LogP contribution >= 0.6 is 11.8 Å². The Kier molecular flexibility index (Phi) is 5.07. The number of ether oxygens (including phenoxy) is 1. The summed E-state index contributed by atoms with van der Waals surface area (Å²) in [6, 6.07) is 0. The van der Waals surface area contributed by atoms with E-state index in [1.54, 1.807) is 17.3 Å². The van der Waals surface area contributed by atoms with Crippen LogP contribution in [0.1, 0.15) is 61.9 Å². The van der Waals surface area contributed by atoms with Crippen molar-refractivity contribution in [3.8, 4) is 0 Å². The summed E-state index contributed by atoms with van der Waals surface area (Å²) in [5.74, 6) is 0.236. The van der Waals surface area contributed by atoms with Gasteiger partial charge in [-0.2, -0.15) is 0 Å². The molecule has 3 rings (SSSR count). The second kappa shape index (κ2) is 7.03. The fourth-order valence-electron chi connectivity index (χ4n) is 3.55. The van der Waals surface area contributed by atoms with Gasteiger partial charge in [-0.25, -0.2) is 4.98 Å². The monoisotopic (exact) mass is 319 g/mol. The molecular formula is C18H25NO2S. The minimum atomic E-state index is -0.135. The van der Waals surface area contributed by atoms with Crippen LogP contribution in [0, 0.1) is 0 Å². The van der Waals surface area contributed by atoms with E-state index in [9.17, 15) is 4.79 Å². The van der Waals surface area contributed by atoms with Crippen LogP contribution in [0.5, 0.6) is 0 Å². The van der Waals surface area contributed by atoms with E-state index < -0.39 is 0 Å². The molecule has 0 unspecified atom stereocenters. The van der Waals surface area contributed by atoms with Gasteiger partial charge in [0, 0.05) is 5.69 Å². The van der Waals surface area contributed by atoms with Crippen LogP contribution in [0.15, 0.2) is 5.03 Å². The maximum atomic E-state index is 11.8. The van der Waals surface area contributed by atoms with Gasteiger partial charge in [0.15, 0.2) is 0 Å². The van der Waals surface area contributed by atoms with Crippen molar-refractivity contribution in [3.05, 3.63) is 22.4 Å². The molecule has 0 fully saturated rings. The van der Waals surface area contributed by atoms with E-state index in [0.29, 0.717) is 5.75 Å². The smallest absolute Gasteiger partial charge is 0.316 e. The Labute approximate surface area is 137 Å². The Morgan fingerprint density at radius 3 is 2.41 bits per heavy atom. The summed E-state index contributed by atoms with van der Waals surface area (Å²) in [6.07, 6.45) is 9.67. The minimum Gasteiger partial charge on any atom is -0.462 e. The number of hydrogen-bond donors (Lipinski definition) is 0. The molecule has 120 valence electrons. The van der Waals surface area contributed by atoms with E-state index in [4.69, 9.17) is 9.72 Å². The van der Waals surface area contributed by atoms with Crippen molar-refractivity contribution in [2.45, 2.75) is 76.3 Å². The van der Waals surface area contributed by atoms with Gasteiger partial charge in [-0.3, -0.25) is 4.79 Å². The molecule has 1 heterocycles. The quantitative estimate of drug-likeness (QED) is 0.623. The number of esters is 1. The van der Waals surface area contributed by atoms with Gasteiger partial charge in [-0.05, 0) is 81.9 Å². The fourth-order valence-corrected chi connectivity index (χ4v) is 4.44. The molecule has 0 spiro atoms. The van der Waals surface area contributed by atoms with E-state index in [-0.39, 0.29) is 12.1 Å². The van der Waals surface area contributed by atoms with Crippen molar-refractivity contribution in [3.63, 3.8) is 0 Å². The number of aromatic nitrogens is 1. The number of carbonyl (C=O) groups is 1. The summed E-state index contributed by atoms with van der Waals surface area (Å²) in [6.45, 7) is 3.78. The first-order valence-electron chi connectivity index (χ1n) is 8.51. The lowest BCUT2D eigenvalue weighted by atomic mass is 9.84. The second-order valence-corrected chi connectivity index (χ2v) is 7.50. The van der Waals surface area contributed by atoms with Crippen LogP contribution < -0.4 is 0 Å². The molecule has 4 heteroatoms. The summed E-state index contributed by atoms with van der Waals surface area (Å²) in [4.78, 5) is 16.7. The first kappa shape index (κ1) is 15.9. The van der Waals surface area contributed by atoms with E-state index >= 15 is 0 Å². The predicted octanol–water partition coefficient (Wildman–Crippen LogP) is 3.88. The molecule has 1 aromatic heterocycles. The zero-order valence-electron chi connectivity index (χ0n) is 13.6. The molecule has 0 bridgehead atoms. The number of thioether (sulfide) groups is 1. The topological polar surface area (TPSA) is 39.2 Å². The largest absolute Gasteiger partial charge is 0.462 e. The highest BCUT2D eigenvalue weighted by atomic mass is 32.2. The molecule has 1 aromatic rings. The number of hydrogen-bond acceptors (Lipinski definition) is 4. The van der Waals surface area contributed by atoms with Crippen LogP contribution in [0.3, 0.4) is 0 Å². The first-order chi connectivity index (χ1) is 10.6. The zero-order chi connectivity index (χ0) is 15.5. The van der Waals surface area contributed by atoms with Crippen LogP contribution in [-0.4, -0.2) is 22.8 Å². The van der Waals surface area contributed by atoms with Crippen LogP contribution in [0.4, 0.5) is 0 Å². The van der Waals surface area contributed by atoms with Gasteiger partial charge in [0.25, 0.3) is 0 Å². The molecule has 3 nitrogen and oxygen atoms in total. The number of rotatable bonds is 4. The van der Waals surface area contributed by atoms with Gasteiger partial charge in [0.2, 0.25) is 0 Å². The number of carbonyl (C=O) groups excluding carboxylic acids is 1. The van der Waals surface area contributed by atoms with E-state index in [2.05, 4.69) is 0 Å². The minimum absolute atomic E-state index is 0.0430. The van der Waals surface area contributed by atoms with Crippen molar-refractivity contribution in [2.75, 3.05) is 5.75 Å². The van der Waals surface area contributed by atoms with Crippen molar-refractivity contribution >= 4 is 17.7 Å². The Hall–Kier alpha value is -1.03. The third-order valence-corrected chi connectivity index (χ3v) is 5.45. The van der Waals surface area contributed by atoms with Gasteiger partial charge in [-0.15, -0.1) is 0 Å². The predicted molar refractivity (Wildman–Crippen MR) is 89.5 cm³/mol. The zero-order valence-corrected chi connectivity index (χ0v) is 14.4. The lowest BCUT2D eigenvalue weighted by molar-refractivity contribution is -0.144. The van der Waals surface area contributed by atoms with Crippen LogP contribution in [-0.2, 0) is 35.2 Å². The van der Waals surface area contributed by atoms with Gasteiger partial charge < -0.3 is 4.74 Å². The molecule has 2 aliphatic rings. The molecule has 0 radical (unpaired) electrons. The molecule has 0 saturated carbocycles. The summed E-state index contributed by atoms with van der Waals surface area (Å²) in [7, 11) is 0. The fraction of sp³-hybridized carbons (Fsp3) is 0.667. The normalized spacial score (nSPS) is 17.0. The maximum absolute atomic E-state index is 11.8. The van der Waals surface area contributed by atoms with E-state index in [1.807, 2.05) is 13.8 Å². The van der Waals surface area contributed by atoms with Crippen molar-refractivity contribution < 1.29 is 9.53 Å². The molecule has 0 atom stereocenters. The highest BCUT2D eigenvalue weighted by Crippen LogP contribution is 2.36. The SMILES string of the molecule is CC(C)OC(=O)CSc1nc2c(c3c1CCCC3)CCCC2. The highest BCUT2D eigenvalue weighted by molar-refractivity contribution is 7.99. The third-order valence-electron chi connectivity index (χ3n) is 4.46. The summed E-state index contributed by atoms with van der Waals surface area (Å²) in [5, 5.41) is 1.09. The van der Waals surface area contributed by atoms with Gasteiger partial charge in [0.1, 0.15) is 5.03 Å². The summed E-state index contributed by atoms with van der Waals surface area (Å²) < 4.78 is 5.24. The highest BCUT2D eigenvalue weighted by Gasteiger charge is 2.24. The Balaban J connectivity index is 1.83. The Bertz CT molecular complexity index is 569. The van der Waals surface area contributed by atoms with E-state index in [0.717, 1.165) is 17.9 Å². The number of aryl methyl sites for hydroxylation is 1. The van der Waals surface area contributed by atoms with Crippen molar-refractivity contribution in [2.24, 2.45) is 0 Å². The Morgan fingerprint density at radius 2 is 1.68 bits per heavy atom. The van der Waals surface area contributed by atoms with Crippen molar-refractivity contribution in [1.82, 2.24) is 4.98 Å². The number of pyridine rings is 1.